The summed E-state index contributed by atoms with van der Waals surface area (Å²) in [4.78, 5) is 28.3. The predicted molar refractivity (Wildman–Crippen MR) is 107 cm³/mol. The summed E-state index contributed by atoms with van der Waals surface area (Å²) in [5, 5.41) is 11.3. The molecule has 1 aromatic carbocycles. The van der Waals surface area contributed by atoms with Crippen LogP contribution in [0.5, 0.6) is 0 Å². The Bertz CT molecular complexity index is 675. The van der Waals surface area contributed by atoms with Gasteiger partial charge in [0.1, 0.15) is 0 Å². The fourth-order valence-electron chi connectivity index (χ4n) is 4.34. The van der Waals surface area contributed by atoms with Crippen LogP contribution in [0.2, 0.25) is 0 Å². The van der Waals surface area contributed by atoms with E-state index in [1.54, 1.807) is 6.07 Å². The Morgan fingerprint density at radius 3 is 2.33 bits per heavy atom. The summed E-state index contributed by atoms with van der Waals surface area (Å²) >= 11 is 0. The van der Waals surface area contributed by atoms with Crippen LogP contribution in [-0.2, 0) is 0 Å². The maximum absolute atomic E-state index is 13.3. The lowest BCUT2D eigenvalue weighted by Gasteiger charge is -2.34. The Balaban J connectivity index is 1.89. The Morgan fingerprint density at radius 1 is 1.11 bits per heavy atom. The van der Waals surface area contributed by atoms with E-state index < -0.39 is 4.92 Å². The van der Waals surface area contributed by atoms with Crippen LogP contribution in [0, 0.1) is 16.0 Å². The van der Waals surface area contributed by atoms with Gasteiger partial charge in [-0.15, -0.1) is 0 Å². The molecule has 1 amide bonds. The second-order valence-corrected chi connectivity index (χ2v) is 8.19. The molecule has 0 bridgehead atoms. The largest absolute Gasteiger partial charge is 0.371 e. The van der Waals surface area contributed by atoms with E-state index >= 15 is 0 Å². The number of non-ortho nitro benzene ring substituents is 1. The summed E-state index contributed by atoms with van der Waals surface area (Å²) in [6, 6.07) is 4.99. The smallest absolute Gasteiger partial charge is 0.270 e. The van der Waals surface area contributed by atoms with Gasteiger partial charge in [0.05, 0.1) is 16.2 Å². The number of nitro benzene ring substituents is 1. The fourth-order valence-corrected chi connectivity index (χ4v) is 4.34. The quantitative estimate of drug-likeness (QED) is 0.438. The zero-order valence-electron chi connectivity index (χ0n) is 16.5. The molecule has 1 saturated carbocycles. The first-order valence-electron chi connectivity index (χ1n) is 10.3. The number of amides is 1. The van der Waals surface area contributed by atoms with Gasteiger partial charge < -0.3 is 9.80 Å². The van der Waals surface area contributed by atoms with Crippen molar-refractivity contribution >= 4 is 17.3 Å². The van der Waals surface area contributed by atoms with Crippen molar-refractivity contribution in [1.82, 2.24) is 4.90 Å². The van der Waals surface area contributed by atoms with Crippen molar-refractivity contribution in [1.29, 1.82) is 0 Å². The first kappa shape index (κ1) is 19.6. The molecule has 27 heavy (non-hydrogen) atoms. The molecule has 0 unspecified atom stereocenters. The molecule has 2 aliphatic rings. The highest BCUT2D eigenvalue weighted by molar-refractivity contribution is 6.00. The van der Waals surface area contributed by atoms with Crippen molar-refractivity contribution in [3.63, 3.8) is 0 Å². The molecule has 1 aliphatic carbocycles. The zero-order valence-corrected chi connectivity index (χ0v) is 16.5. The fraction of sp³-hybridized carbons (Fsp3) is 0.667. The molecule has 3 rings (SSSR count). The molecule has 148 valence electrons. The molecule has 0 atom stereocenters. The third-order valence-electron chi connectivity index (χ3n) is 6.24. The number of anilines is 1. The second-order valence-electron chi connectivity index (χ2n) is 8.19. The molecule has 6 heteroatoms. The normalized spacial score (nSPS) is 19.6. The van der Waals surface area contributed by atoms with Crippen LogP contribution in [0.4, 0.5) is 11.4 Å². The lowest BCUT2D eigenvalue weighted by Crippen LogP contribution is -2.39. The Morgan fingerprint density at radius 2 is 1.74 bits per heavy atom. The van der Waals surface area contributed by atoms with Crippen molar-refractivity contribution in [2.45, 2.75) is 64.3 Å². The monoisotopic (exact) mass is 373 g/mol. The SMILES string of the molecule is CC1CCN(c2ccc([N+](=O)[O-])cc2C(=O)N(C)C2CCCCCC2)CC1. The minimum atomic E-state index is -0.412. The molecule has 1 aliphatic heterocycles. The number of nitro groups is 1. The number of carbonyl (C=O) groups is 1. The number of hydrogen-bond acceptors (Lipinski definition) is 4. The summed E-state index contributed by atoms with van der Waals surface area (Å²) in [5.74, 6) is 0.603. The van der Waals surface area contributed by atoms with Gasteiger partial charge in [0.25, 0.3) is 11.6 Å². The van der Waals surface area contributed by atoms with Gasteiger partial charge >= 0.3 is 0 Å². The van der Waals surface area contributed by atoms with Crippen LogP contribution in [0.25, 0.3) is 0 Å². The zero-order chi connectivity index (χ0) is 19.4. The van der Waals surface area contributed by atoms with E-state index in [2.05, 4.69) is 11.8 Å². The number of nitrogens with zero attached hydrogens (tertiary/aromatic N) is 3. The number of carbonyl (C=O) groups excluding carboxylic acids is 1. The Kier molecular flexibility index (Phi) is 6.34. The molecule has 1 saturated heterocycles. The van der Waals surface area contributed by atoms with Crippen molar-refractivity contribution in [2.75, 3.05) is 25.0 Å². The lowest BCUT2D eigenvalue weighted by atomic mass is 9.97. The standard InChI is InChI=1S/C21H31N3O3/c1-16-11-13-23(14-12-16)20-10-9-18(24(26)27)15-19(20)21(25)22(2)17-7-5-3-4-6-8-17/h9-10,15-17H,3-8,11-14H2,1-2H3. The highest BCUT2D eigenvalue weighted by Crippen LogP contribution is 2.31. The van der Waals surface area contributed by atoms with Crippen LogP contribution in [0.15, 0.2) is 18.2 Å². The molecule has 6 nitrogen and oxygen atoms in total. The molecule has 0 radical (unpaired) electrons. The Hall–Kier alpha value is -2.11. The van der Waals surface area contributed by atoms with E-state index in [-0.39, 0.29) is 17.6 Å². The molecule has 2 fully saturated rings. The first-order chi connectivity index (χ1) is 13.0. The first-order valence-corrected chi connectivity index (χ1v) is 10.3. The summed E-state index contributed by atoms with van der Waals surface area (Å²) in [6.45, 7) is 4.04. The third-order valence-corrected chi connectivity index (χ3v) is 6.24. The van der Waals surface area contributed by atoms with Crippen LogP contribution >= 0.6 is 0 Å². The number of hydrogen-bond donors (Lipinski definition) is 0. The summed E-state index contributed by atoms with van der Waals surface area (Å²) in [7, 11) is 1.86. The molecule has 0 spiro atoms. The number of benzene rings is 1. The van der Waals surface area contributed by atoms with E-state index in [4.69, 9.17) is 0 Å². The van der Waals surface area contributed by atoms with Gasteiger partial charge in [0.2, 0.25) is 0 Å². The van der Waals surface area contributed by atoms with Gasteiger partial charge in [-0.05, 0) is 37.7 Å². The van der Waals surface area contributed by atoms with Crippen LogP contribution in [-0.4, -0.2) is 41.9 Å². The average Bonchev–Trinajstić information content (AvgIpc) is 2.96. The van der Waals surface area contributed by atoms with Gasteiger partial charge in [-0.25, -0.2) is 0 Å². The van der Waals surface area contributed by atoms with Crippen LogP contribution in [0.1, 0.15) is 68.6 Å². The van der Waals surface area contributed by atoms with Crippen molar-refractivity contribution in [3.8, 4) is 0 Å². The van der Waals surface area contributed by atoms with E-state index in [0.717, 1.165) is 57.3 Å². The predicted octanol–water partition coefficient (Wildman–Crippen LogP) is 4.63. The molecule has 0 aromatic heterocycles. The average molecular weight is 373 g/mol. The maximum Gasteiger partial charge on any atom is 0.270 e. The highest BCUT2D eigenvalue weighted by Gasteiger charge is 2.28. The van der Waals surface area contributed by atoms with Gasteiger partial charge in [-0.3, -0.25) is 14.9 Å². The van der Waals surface area contributed by atoms with Crippen molar-refractivity contribution in [2.24, 2.45) is 5.92 Å². The van der Waals surface area contributed by atoms with Gasteiger partial charge in [0.15, 0.2) is 0 Å². The molecule has 0 N–H and O–H groups in total. The van der Waals surface area contributed by atoms with E-state index in [1.165, 1.54) is 25.0 Å². The third kappa shape index (κ3) is 4.60. The van der Waals surface area contributed by atoms with Crippen LogP contribution < -0.4 is 4.90 Å². The van der Waals surface area contributed by atoms with Gasteiger partial charge in [0, 0.05) is 38.3 Å². The molecule has 1 heterocycles. The van der Waals surface area contributed by atoms with Gasteiger partial charge in [-0.1, -0.05) is 32.6 Å². The molecule has 1 aromatic rings. The molecular formula is C21H31N3O3. The van der Waals surface area contributed by atoms with Crippen molar-refractivity contribution < 1.29 is 9.72 Å². The summed E-state index contributed by atoms with van der Waals surface area (Å²) in [5.41, 5.74) is 1.31. The second kappa shape index (κ2) is 8.72. The highest BCUT2D eigenvalue weighted by atomic mass is 16.6. The van der Waals surface area contributed by atoms with E-state index in [1.807, 2.05) is 11.9 Å². The number of rotatable bonds is 4. The topological polar surface area (TPSA) is 66.7 Å². The number of piperidine rings is 1. The molecular weight excluding hydrogens is 342 g/mol. The Labute approximate surface area is 161 Å². The lowest BCUT2D eigenvalue weighted by molar-refractivity contribution is -0.384. The maximum atomic E-state index is 13.3. The summed E-state index contributed by atoms with van der Waals surface area (Å²) in [6.07, 6.45) is 8.97. The van der Waals surface area contributed by atoms with Crippen molar-refractivity contribution in [3.05, 3.63) is 33.9 Å². The van der Waals surface area contributed by atoms with E-state index in [0.29, 0.717) is 11.5 Å². The van der Waals surface area contributed by atoms with E-state index in [9.17, 15) is 14.9 Å². The minimum absolute atomic E-state index is 0.0123. The van der Waals surface area contributed by atoms with Crippen LogP contribution in [0.3, 0.4) is 0 Å². The summed E-state index contributed by atoms with van der Waals surface area (Å²) < 4.78 is 0. The minimum Gasteiger partial charge on any atom is -0.371 e. The van der Waals surface area contributed by atoms with Gasteiger partial charge in [-0.2, -0.15) is 0 Å².